The van der Waals surface area contributed by atoms with Gasteiger partial charge in [-0.25, -0.2) is 0 Å². The van der Waals surface area contributed by atoms with Gasteiger partial charge in [-0.1, -0.05) is 181 Å². The molecule has 0 radical (unpaired) electrons. The van der Waals surface area contributed by atoms with Crippen molar-refractivity contribution in [2.24, 2.45) is 5.92 Å². The van der Waals surface area contributed by atoms with Crippen LogP contribution >= 0.6 is 0 Å². The fourth-order valence-electron chi connectivity index (χ4n) is 7.33. The monoisotopic (exact) mass is 776 g/mol. The molecule has 11 nitrogen and oxygen atoms in total. The number of amides is 1. The zero-order chi connectivity index (χ0) is 40.0. The molecule has 1 aliphatic rings. The largest absolute Gasteiger partial charge is 0.394 e. The van der Waals surface area contributed by atoms with E-state index in [4.69, 9.17) is 9.47 Å². The second-order valence-electron chi connectivity index (χ2n) is 16.6. The van der Waals surface area contributed by atoms with Gasteiger partial charge in [0.25, 0.3) is 0 Å². The molecule has 1 aliphatic heterocycles. The molecule has 54 heavy (non-hydrogen) atoms. The summed E-state index contributed by atoms with van der Waals surface area (Å²) in [5.41, 5.74) is 0. The predicted molar refractivity (Wildman–Crippen MR) is 215 cm³/mol. The summed E-state index contributed by atoms with van der Waals surface area (Å²) in [6.07, 6.45) is 18.8. The van der Waals surface area contributed by atoms with Gasteiger partial charge in [0.15, 0.2) is 6.29 Å². The number of nitrogens with one attached hydrogen (secondary N) is 1. The van der Waals surface area contributed by atoms with E-state index in [1.807, 2.05) is 0 Å². The second-order valence-corrected chi connectivity index (χ2v) is 16.6. The summed E-state index contributed by atoms with van der Waals surface area (Å²) in [5, 5.41) is 75.5. The topological polar surface area (TPSA) is 189 Å². The molecule has 0 aromatic heterocycles. The van der Waals surface area contributed by atoms with Crippen LogP contribution in [0.4, 0.5) is 0 Å². The van der Waals surface area contributed by atoms with Crippen molar-refractivity contribution in [2.75, 3.05) is 13.2 Å². The highest BCUT2D eigenvalue weighted by atomic mass is 16.7. The quantitative estimate of drug-likeness (QED) is 0.0323. The molecule has 0 aromatic carbocycles. The molecule has 1 unspecified atom stereocenters. The van der Waals surface area contributed by atoms with E-state index in [0.717, 1.165) is 44.4 Å². The van der Waals surface area contributed by atoms with Crippen LogP contribution in [0.25, 0.3) is 0 Å². The Bertz CT molecular complexity index is 864. The predicted octanol–water partition coefficient (Wildman–Crippen LogP) is 6.58. The molecule has 0 bridgehead atoms. The number of ether oxygens (including phenoxy) is 2. The molecular formula is C43H85NO10. The standard InChI is InChI=1S/C43H85NO10/c1-4-5-6-7-8-9-10-11-12-13-14-15-16-21-24-27-30-36(47)42(52)44-34(32-53-43-41(51)40(50)39(49)37(31-45)54-43)38(48)35(46)29-26-23-20-18-17-19-22-25-28-33(2)3/h33-41,43,45-51H,4-32H2,1-3H3,(H,44,52)/t34-,35+,36?,37+,38-,39+,40-,41+,43+/m0/s1. The van der Waals surface area contributed by atoms with Crippen LogP contribution in [0.1, 0.15) is 194 Å². The molecule has 1 rings (SSSR count). The molecule has 11 heteroatoms. The van der Waals surface area contributed by atoms with Gasteiger partial charge >= 0.3 is 0 Å². The van der Waals surface area contributed by atoms with E-state index in [9.17, 15) is 40.5 Å². The maximum absolute atomic E-state index is 13.0. The van der Waals surface area contributed by atoms with E-state index in [2.05, 4.69) is 26.1 Å². The van der Waals surface area contributed by atoms with Gasteiger partial charge in [-0.05, 0) is 18.8 Å². The maximum atomic E-state index is 13.0. The van der Waals surface area contributed by atoms with Crippen LogP contribution in [0.5, 0.6) is 0 Å². The molecule has 1 amide bonds. The van der Waals surface area contributed by atoms with E-state index in [-0.39, 0.29) is 6.42 Å². The van der Waals surface area contributed by atoms with Crippen molar-refractivity contribution in [2.45, 2.75) is 249 Å². The van der Waals surface area contributed by atoms with Crippen molar-refractivity contribution in [1.82, 2.24) is 5.32 Å². The Morgan fingerprint density at radius 1 is 0.611 bits per heavy atom. The Hall–Kier alpha value is -0.890. The first-order chi connectivity index (χ1) is 26.0. The molecule has 0 spiro atoms. The van der Waals surface area contributed by atoms with Gasteiger partial charge in [-0.3, -0.25) is 4.79 Å². The number of aliphatic hydroxyl groups is 7. The average Bonchev–Trinajstić information content (AvgIpc) is 3.15. The zero-order valence-corrected chi connectivity index (χ0v) is 34.6. The van der Waals surface area contributed by atoms with Crippen LogP contribution in [0.15, 0.2) is 0 Å². The van der Waals surface area contributed by atoms with Gasteiger partial charge in [-0.2, -0.15) is 0 Å². The molecule has 1 heterocycles. The van der Waals surface area contributed by atoms with Crippen LogP contribution < -0.4 is 5.32 Å². The third-order valence-corrected chi connectivity index (χ3v) is 11.1. The molecule has 322 valence electrons. The number of carbonyl (C=O) groups is 1. The summed E-state index contributed by atoms with van der Waals surface area (Å²) in [6.45, 7) is 5.71. The Kier molecular flexibility index (Phi) is 31.4. The van der Waals surface area contributed by atoms with Gasteiger partial charge in [0.2, 0.25) is 5.91 Å². The summed E-state index contributed by atoms with van der Waals surface area (Å²) in [4.78, 5) is 13.0. The fraction of sp³-hybridized carbons (Fsp3) is 0.977. The SMILES string of the molecule is CCCCCCCCCCCCCCCCCCC(O)C(=O)N[C@@H](CO[C@@H]1O[C@H](CO)[C@@H](O)[C@H](O)[C@H]1O)[C@H](O)[C@H](O)CCCCCCCCCCC(C)C. The average molecular weight is 776 g/mol. The minimum atomic E-state index is -1.66. The zero-order valence-electron chi connectivity index (χ0n) is 34.6. The molecule has 0 saturated carbocycles. The van der Waals surface area contributed by atoms with Crippen molar-refractivity contribution in [1.29, 1.82) is 0 Å². The number of hydrogen-bond donors (Lipinski definition) is 8. The number of unbranched alkanes of at least 4 members (excludes halogenated alkanes) is 22. The summed E-state index contributed by atoms with van der Waals surface area (Å²) < 4.78 is 11.1. The lowest BCUT2D eigenvalue weighted by atomic mass is 9.98. The van der Waals surface area contributed by atoms with Gasteiger partial charge in [0.1, 0.15) is 36.6 Å². The van der Waals surface area contributed by atoms with Crippen LogP contribution in [-0.2, 0) is 14.3 Å². The number of aliphatic hydroxyl groups excluding tert-OH is 7. The first-order valence-corrected chi connectivity index (χ1v) is 22.3. The van der Waals surface area contributed by atoms with Crippen molar-refractivity contribution < 1.29 is 50.0 Å². The summed E-state index contributed by atoms with van der Waals surface area (Å²) in [7, 11) is 0. The van der Waals surface area contributed by atoms with Crippen LogP contribution in [0.2, 0.25) is 0 Å². The van der Waals surface area contributed by atoms with Crippen LogP contribution in [-0.4, -0.2) is 110 Å². The number of rotatable bonds is 36. The maximum Gasteiger partial charge on any atom is 0.249 e. The first-order valence-electron chi connectivity index (χ1n) is 22.3. The lowest BCUT2D eigenvalue weighted by molar-refractivity contribution is -0.303. The van der Waals surface area contributed by atoms with Gasteiger partial charge in [0.05, 0.1) is 25.4 Å². The summed E-state index contributed by atoms with van der Waals surface area (Å²) >= 11 is 0. The number of hydrogen-bond acceptors (Lipinski definition) is 10. The Balaban J connectivity index is 2.46. The van der Waals surface area contributed by atoms with E-state index in [1.165, 1.54) is 109 Å². The molecular weight excluding hydrogens is 690 g/mol. The second kappa shape index (κ2) is 33.1. The molecule has 8 N–H and O–H groups in total. The third-order valence-electron chi connectivity index (χ3n) is 11.1. The summed E-state index contributed by atoms with van der Waals surface area (Å²) in [6, 6.07) is -1.16. The lowest BCUT2D eigenvalue weighted by Gasteiger charge is -2.40. The van der Waals surface area contributed by atoms with Gasteiger partial charge in [0, 0.05) is 0 Å². The van der Waals surface area contributed by atoms with E-state index in [1.54, 1.807) is 0 Å². The highest BCUT2D eigenvalue weighted by Gasteiger charge is 2.44. The van der Waals surface area contributed by atoms with Gasteiger partial charge in [-0.15, -0.1) is 0 Å². The minimum Gasteiger partial charge on any atom is -0.394 e. The van der Waals surface area contributed by atoms with Crippen molar-refractivity contribution in [3.05, 3.63) is 0 Å². The van der Waals surface area contributed by atoms with E-state index >= 15 is 0 Å². The normalized spacial score (nSPS) is 22.7. The number of carbonyl (C=O) groups excluding carboxylic acids is 1. The molecule has 9 atom stereocenters. The highest BCUT2D eigenvalue weighted by Crippen LogP contribution is 2.23. The fourth-order valence-corrected chi connectivity index (χ4v) is 7.33. The third kappa shape index (κ3) is 24.0. The molecule has 1 saturated heterocycles. The molecule has 0 aliphatic carbocycles. The first kappa shape index (κ1) is 51.1. The van der Waals surface area contributed by atoms with Crippen LogP contribution in [0, 0.1) is 5.92 Å². The minimum absolute atomic E-state index is 0.265. The van der Waals surface area contributed by atoms with Crippen molar-refractivity contribution in [3.8, 4) is 0 Å². The van der Waals surface area contributed by atoms with Crippen molar-refractivity contribution in [3.63, 3.8) is 0 Å². The van der Waals surface area contributed by atoms with E-state index < -0.39 is 74.2 Å². The molecule has 1 fully saturated rings. The highest BCUT2D eigenvalue weighted by molar-refractivity contribution is 5.80. The molecule has 0 aromatic rings. The Labute approximate surface area is 329 Å². The smallest absolute Gasteiger partial charge is 0.249 e. The summed E-state index contributed by atoms with van der Waals surface area (Å²) in [5.74, 6) is 0.0515. The lowest BCUT2D eigenvalue weighted by Crippen LogP contribution is -2.60. The Morgan fingerprint density at radius 2 is 1.04 bits per heavy atom. The van der Waals surface area contributed by atoms with Gasteiger partial charge < -0.3 is 50.5 Å². The Morgan fingerprint density at radius 3 is 1.48 bits per heavy atom. The van der Waals surface area contributed by atoms with E-state index in [0.29, 0.717) is 19.3 Å². The van der Waals surface area contributed by atoms with Crippen molar-refractivity contribution >= 4 is 5.91 Å². The van der Waals surface area contributed by atoms with Crippen LogP contribution in [0.3, 0.4) is 0 Å².